The number of nitrogens with one attached hydrogen (secondary N) is 2. The van der Waals surface area contributed by atoms with Crippen molar-refractivity contribution in [3.63, 3.8) is 0 Å². The SMILES string of the molecule is Nc1ccccc1C(=NCc1ccc(Cl)cc1Cl)NNc1ccc([N+](=O)[O-])cn1. The van der Waals surface area contributed by atoms with Gasteiger partial charge in [-0.05, 0) is 35.9 Å². The van der Waals surface area contributed by atoms with Crippen LogP contribution in [-0.4, -0.2) is 15.7 Å². The molecule has 3 rings (SSSR count). The number of nitrogens with two attached hydrogens (primary N) is 1. The van der Waals surface area contributed by atoms with Crippen molar-refractivity contribution in [2.24, 2.45) is 4.99 Å². The molecule has 1 aromatic heterocycles. The maximum absolute atomic E-state index is 10.7. The first-order valence-corrected chi connectivity index (χ1v) is 9.15. The first kappa shape index (κ1) is 20.4. The van der Waals surface area contributed by atoms with Crippen LogP contribution >= 0.6 is 23.2 Å². The molecule has 0 unspecified atom stereocenters. The Hall–Kier alpha value is -3.36. The van der Waals surface area contributed by atoms with Gasteiger partial charge in [0.15, 0.2) is 0 Å². The highest BCUT2D eigenvalue weighted by Crippen LogP contribution is 2.22. The van der Waals surface area contributed by atoms with E-state index in [1.165, 1.54) is 12.1 Å². The van der Waals surface area contributed by atoms with Gasteiger partial charge in [0.25, 0.3) is 5.69 Å². The minimum absolute atomic E-state index is 0.103. The largest absolute Gasteiger partial charge is 0.398 e. The van der Waals surface area contributed by atoms with Crippen LogP contribution in [0.5, 0.6) is 0 Å². The molecule has 0 atom stereocenters. The number of hydrogen-bond acceptors (Lipinski definition) is 6. The lowest BCUT2D eigenvalue weighted by Crippen LogP contribution is -2.31. The molecule has 0 spiro atoms. The van der Waals surface area contributed by atoms with Crippen molar-refractivity contribution >= 4 is 46.2 Å². The number of rotatable bonds is 6. The Labute approximate surface area is 176 Å². The van der Waals surface area contributed by atoms with E-state index in [1.807, 2.05) is 18.2 Å². The molecule has 0 aliphatic rings. The Morgan fingerprint density at radius 3 is 2.62 bits per heavy atom. The van der Waals surface area contributed by atoms with E-state index in [0.29, 0.717) is 32.9 Å². The molecular weight excluding hydrogens is 415 g/mol. The average Bonchev–Trinajstić information content (AvgIpc) is 2.70. The van der Waals surface area contributed by atoms with Crippen LogP contribution in [0, 0.1) is 10.1 Å². The third-order valence-electron chi connectivity index (χ3n) is 3.91. The van der Waals surface area contributed by atoms with E-state index < -0.39 is 4.92 Å². The fraction of sp³-hybridized carbons (Fsp3) is 0.0526. The zero-order valence-corrected chi connectivity index (χ0v) is 16.5. The fourth-order valence-corrected chi connectivity index (χ4v) is 2.88. The van der Waals surface area contributed by atoms with Gasteiger partial charge in [-0.25, -0.2) is 4.98 Å². The minimum atomic E-state index is -0.516. The number of pyridine rings is 1. The molecule has 3 aromatic rings. The summed E-state index contributed by atoms with van der Waals surface area (Å²) in [6.45, 7) is 0.280. The number of benzene rings is 2. The quantitative estimate of drug-likeness (QED) is 0.175. The average molecular weight is 431 g/mol. The highest BCUT2D eigenvalue weighted by Gasteiger charge is 2.10. The molecule has 1 heterocycles. The lowest BCUT2D eigenvalue weighted by molar-refractivity contribution is -0.385. The zero-order valence-electron chi connectivity index (χ0n) is 15.0. The van der Waals surface area contributed by atoms with Gasteiger partial charge in [-0.2, -0.15) is 0 Å². The first-order valence-electron chi connectivity index (χ1n) is 8.40. The van der Waals surface area contributed by atoms with Crippen LogP contribution in [-0.2, 0) is 6.54 Å². The molecule has 0 saturated carbocycles. The number of nitro groups is 1. The summed E-state index contributed by atoms with van der Waals surface area (Å²) in [5, 5.41) is 11.8. The van der Waals surface area contributed by atoms with Gasteiger partial charge in [0.1, 0.15) is 17.9 Å². The van der Waals surface area contributed by atoms with Crippen molar-refractivity contribution in [1.82, 2.24) is 10.4 Å². The van der Waals surface area contributed by atoms with E-state index in [2.05, 4.69) is 20.8 Å². The summed E-state index contributed by atoms with van der Waals surface area (Å²) in [5.41, 5.74) is 13.8. The Balaban J connectivity index is 1.83. The minimum Gasteiger partial charge on any atom is -0.398 e. The van der Waals surface area contributed by atoms with Gasteiger partial charge in [0.05, 0.1) is 11.5 Å². The van der Waals surface area contributed by atoms with Gasteiger partial charge in [0, 0.05) is 27.4 Å². The standard InChI is InChI=1S/C19H16Cl2N6O2/c20-13-6-5-12(16(21)9-13)10-24-19(15-3-1-2-4-17(15)22)26-25-18-8-7-14(11-23-18)27(28)29/h1-9,11H,10,22H2,(H,23,25)(H,24,26). The van der Waals surface area contributed by atoms with Crippen LogP contribution in [0.4, 0.5) is 17.2 Å². The van der Waals surface area contributed by atoms with Crippen LogP contribution in [0.1, 0.15) is 11.1 Å². The summed E-state index contributed by atoms with van der Waals surface area (Å²) >= 11 is 12.2. The maximum Gasteiger partial charge on any atom is 0.287 e. The second kappa shape index (κ2) is 9.22. The predicted molar refractivity (Wildman–Crippen MR) is 115 cm³/mol. The molecule has 0 aliphatic heterocycles. The van der Waals surface area contributed by atoms with Crippen LogP contribution in [0.3, 0.4) is 0 Å². The number of para-hydroxylation sites is 1. The molecule has 29 heavy (non-hydrogen) atoms. The smallest absolute Gasteiger partial charge is 0.287 e. The number of aliphatic imine (C=N–C) groups is 1. The molecule has 0 saturated heterocycles. The molecule has 0 radical (unpaired) electrons. The predicted octanol–water partition coefficient (Wildman–Crippen LogP) is 4.44. The molecule has 8 nitrogen and oxygen atoms in total. The van der Waals surface area contributed by atoms with E-state index in [4.69, 9.17) is 28.9 Å². The van der Waals surface area contributed by atoms with Gasteiger partial charge >= 0.3 is 0 Å². The van der Waals surface area contributed by atoms with Crippen LogP contribution in [0.25, 0.3) is 0 Å². The number of nitrogens with zero attached hydrogens (tertiary/aromatic N) is 3. The normalized spacial score (nSPS) is 11.2. The summed E-state index contributed by atoms with van der Waals surface area (Å²) in [4.78, 5) is 18.8. The molecule has 10 heteroatoms. The lowest BCUT2D eigenvalue weighted by atomic mass is 10.1. The summed E-state index contributed by atoms with van der Waals surface area (Å²) in [7, 11) is 0. The molecular formula is C19H16Cl2N6O2. The number of anilines is 2. The van der Waals surface area contributed by atoms with E-state index in [0.717, 1.165) is 11.8 Å². The van der Waals surface area contributed by atoms with Gasteiger partial charge in [0.2, 0.25) is 0 Å². The number of nitrogen functional groups attached to an aromatic ring is 1. The molecule has 4 N–H and O–H groups in total. The first-order chi connectivity index (χ1) is 13.9. The summed E-state index contributed by atoms with van der Waals surface area (Å²) in [5.74, 6) is 0.830. The molecule has 0 aliphatic carbocycles. The Morgan fingerprint density at radius 1 is 1.17 bits per heavy atom. The molecule has 0 amide bonds. The maximum atomic E-state index is 10.7. The summed E-state index contributed by atoms with van der Waals surface area (Å²) < 4.78 is 0. The number of hydrazine groups is 1. The Morgan fingerprint density at radius 2 is 1.97 bits per heavy atom. The highest BCUT2D eigenvalue weighted by atomic mass is 35.5. The fourth-order valence-electron chi connectivity index (χ4n) is 2.41. The molecule has 148 valence electrons. The van der Waals surface area contributed by atoms with Gasteiger partial charge in [-0.15, -0.1) is 0 Å². The molecule has 0 bridgehead atoms. The molecule has 0 fully saturated rings. The second-order valence-electron chi connectivity index (χ2n) is 5.90. The van der Waals surface area contributed by atoms with E-state index in [-0.39, 0.29) is 12.2 Å². The summed E-state index contributed by atoms with van der Waals surface area (Å²) in [6.07, 6.45) is 1.16. The third-order valence-corrected chi connectivity index (χ3v) is 4.49. The van der Waals surface area contributed by atoms with E-state index >= 15 is 0 Å². The number of hydrogen-bond donors (Lipinski definition) is 3. The molecule has 2 aromatic carbocycles. The highest BCUT2D eigenvalue weighted by molar-refractivity contribution is 6.35. The van der Waals surface area contributed by atoms with Gasteiger partial charge in [-0.1, -0.05) is 41.4 Å². The third kappa shape index (κ3) is 5.34. The van der Waals surface area contributed by atoms with Crippen LogP contribution in [0.2, 0.25) is 10.0 Å². The van der Waals surface area contributed by atoms with Gasteiger partial charge in [-0.3, -0.25) is 26.0 Å². The number of amidine groups is 1. The van der Waals surface area contributed by atoms with Crippen molar-refractivity contribution in [2.45, 2.75) is 6.54 Å². The van der Waals surface area contributed by atoms with Crippen molar-refractivity contribution in [3.8, 4) is 0 Å². The van der Waals surface area contributed by atoms with E-state index in [9.17, 15) is 10.1 Å². The lowest BCUT2D eigenvalue weighted by Gasteiger charge is -2.14. The van der Waals surface area contributed by atoms with Crippen molar-refractivity contribution in [1.29, 1.82) is 0 Å². The Bertz CT molecular complexity index is 1060. The van der Waals surface area contributed by atoms with Crippen LogP contribution < -0.4 is 16.6 Å². The van der Waals surface area contributed by atoms with E-state index in [1.54, 1.807) is 24.3 Å². The van der Waals surface area contributed by atoms with Gasteiger partial charge < -0.3 is 5.73 Å². The topological polar surface area (TPSA) is 118 Å². The Kier molecular flexibility index (Phi) is 6.48. The van der Waals surface area contributed by atoms with Crippen LogP contribution in [0.15, 0.2) is 65.8 Å². The van der Waals surface area contributed by atoms with Crippen molar-refractivity contribution < 1.29 is 4.92 Å². The summed E-state index contributed by atoms with van der Waals surface area (Å²) in [6, 6.07) is 15.2. The second-order valence-corrected chi connectivity index (χ2v) is 6.74. The zero-order chi connectivity index (χ0) is 20.8. The number of aromatic nitrogens is 1. The van der Waals surface area contributed by atoms with Crippen molar-refractivity contribution in [2.75, 3.05) is 11.2 Å². The monoisotopic (exact) mass is 430 g/mol. The van der Waals surface area contributed by atoms with Crippen molar-refractivity contribution in [3.05, 3.63) is 92.1 Å². The number of halogens is 2.